The van der Waals surface area contributed by atoms with Crippen molar-refractivity contribution in [3.05, 3.63) is 65.7 Å². The molecule has 0 bridgehead atoms. The molecule has 2 aromatic rings. The monoisotopic (exact) mass is 515 g/mol. The molecule has 1 unspecified atom stereocenters. The molecule has 8 heteroatoms. The minimum atomic E-state index is -0.979. The SMILES string of the molecule is CCCCCOCCN(CCOc1ccc(CC(OCC)C(=O)O)cc1)C(=O)OCCc1ccccc1. The summed E-state index contributed by atoms with van der Waals surface area (Å²) in [6.45, 7) is 6.76. The normalized spacial score (nSPS) is 11.6. The van der Waals surface area contributed by atoms with Crippen molar-refractivity contribution in [1.82, 2.24) is 4.90 Å². The summed E-state index contributed by atoms with van der Waals surface area (Å²) in [5.74, 6) is -0.340. The van der Waals surface area contributed by atoms with E-state index in [1.807, 2.05) is 42.5 Å². The second-order valence-electron chi connectivity index (χ2n) is 8.64. The van der Waals surface area contributed by atoms with Crippen LogP contribution in [-0.4, -0.2) is 74.3 Å². The fraction of sp³-hybridized carbons (Fsp3) is 0.517. The van der Waals surface area contributed by atoms with E-state index in [0.717, 1.165) is 30.4 Å². The van der Waals surface area contributed by atoms with Gasteiger partial charge in [0.15, 0.2) is 6.10 Å². The number of amides is 1. The first-order valence-electron chi connectivity index (χ1n) is 13.1. The minimum Gasteiger partial charge on any atom is -0.492 e. The number of benzene rings is 2. The van der Waals surface area contributed by atoms with Crippen LogP contribution in [-0.2, 0) is 31.8 Å². The second-order valence-corrected chi connectivity index (χ2v) is 8.64. The number of carbonyl (C=O) groups is 2. The molecule has 1 amide bonds. The molecule has 0 aliphatic heterocycles. The van der Waals surface area contributed by atoms with Crippen LogP contribution in [0.5, 0.6) is 5.75 Å². The molecule has 2 rings (SSSR count). The quantitative estimate of drug-likeness (QED) is 0.264. The van der Waals surface area contributed by atoms with Gasteiger partial charge in [-0.25, -0.2) is 9.59 Å². The van der Waals surface area contributed by atoms with Crippen molar-refractivity contribution in [2.75, 3.05) is 46.1 Å². The molecule has 8 nitrogen and oxygen atoms in total. The first-order chi connectivity index (χ1) is 18.0. The van der Waals surface area contributed by atoms with Gasteiger partial charge in [0.2, 0.25) is 0 Å². The summed E-state index contributed by atoms with van der Waals surface area (Å²) in [5.41, 5.74) is 1.96. The predicted octanol–water partition coefficient (Wildman–Crippen LogP) is 4.99. The molecular weight excluding hydrogens is 474 g/mol. The van der Waals surface area contributed by atoms with Crippen LogP contribution in [0.15, 0.2) is 54.6 Å². The van der Waals surface area contributed by atoms with Gasteiger partial charge in [0.05, 0.1) is 19.8 Å². The van der Waals surface area contributed by atoms with E-state index in [1.54, 1.807) is 24.0 Å². The highest BCUT2D eigenvalue weighted by atomic mass is 16.6. The number of hydrogen-bond donors (Lipinski definition) is 1. The molecule has 0 aromatic heterocycles. The van der Waals surface area contributed by atoms with Gasteiger partial charge in [0.1, 0.15) is 12.4 Å². The van der Waals surface area contributed by atoms with Gasteiger partial charge in [-0.15, -0.1) is 0 Å². The topological polar surface area (TPSA) is 94.5 Å². The van der Waals surface area contributed by atoms with Crippen molar-refractivity contribution in [2.24, 2.45) is 0 Å². The summed E-state index contributed by atoms with van der Waals surface area (Å²) in [6.07, 6.45) is 2.95. The molecule has 0 fully saturated rings. The Hall–Kier alpha value is -3.10. The molecule has 37 heavy (non-hydrogen) atoms. The van der Waals surface area contributed by atoms with Crippen LogP contribution in [0.2, 0.25) is 0 Å². The van der Waals surface area contributed by atoms with E-state index in [0.29, 0.717) is 58.3 Å². The van der Waals surface area contributed by atoms with Gasteiger partial charge in [0, 0.05) is 32.6 Å². The number of rotatable bonds is 19. The van der Waals surface area contributed by atoms with E-state index in [2.05, 4.69) is 6.92 Å². The maximum atomic E-state index is 12.7. The molecule has 0 spiro atoms. The van der Waals surface area contributed by atoms with Crippen LogP contribution in [0.3, 0.4) is 0 Å². The summed E-state index contributed by atoms with van der Waals surface area (Å²) in [6, 6.07) is 17.1. The first-order valence-corrected chi connectivity index (χ1v) is 13.1. The van der Waals surface area contributed by atoms with Crippen LogP contribution in [0.4, 0.5) is 4.79 Å². The largest absolute Gasteiger partial charge is 0.492 e. The molecule has 0 heterocycles. The molecular formula is C29H41NO7. The van der Waals surface area contributed by atoms with Crippen molar-refractivity contribution in [2.45, 2.75) is 52.1 Å². The Morgan fingerprint density at radius 2 is 1.59 bits per heavy atom. The van der Waals surface area contributed by atoms with Gasteiger partial charge >= 0.3 is 12.1 Å². The zero-order valence-electron chi connectivity index (χ0n) is 22.1. The van der Waals surface area contributed by atoms with Gasteiger partial charge < -0.3 is 29.0 Å². The molecule has 204 valence electrons. The lowest BCUT2D eigenvalue weighted by Gasteiger charge is -2.22. The Labute approximate surface area is 220 Å². The van der Waals surface area contributed by atoms with Crippen LogP contribution in [0.1, 0.15) is 44.2 Å². The van der Waals surface area contributed by atoms with Crippen molar-refractivity contribution < 1.29 is 33.6 Å². The van der Waals surface area contributed by atoms with E-state index in [9.17, 15) is 14.7 Å². The van der Waals surface area contributed by atoms with E-state index in [1.165, 1.54) is 0 Å². The number of carboxylic acid groups (broad SMARTS) is 1. The molecule has 1 atom stereocenters. The highest BCUT2D eigenvalue weighted by molar-refractivity contribution is 5.72. The summed E-state index contributed by atoms with van der Waals surface area (Å²) in [4.78, 5) is 25.6. The summed E-state index contributed by atoms with van der Waals surface area (Å²) in [5, 5.41) is 9.26. The first kappa shape index (κ1) is 30.1. The highest BCUT2D eigenvalue weighted by Crippen LogP contribution is 2.15. The smallest absolute Gasteiger partial charge is 0.409 e. The molecule has 0 radical (unpaired) electrons. The molecule has 0 aliphatic carbocycles. The number of ether oxygens (including phenoxy) is 4. The molecule has 0 saturated heterocycles. The van der Waals surface area contributed by atoms with Crippen LogP contribution < -0.4 is 4.74 Å². The van der Waals surface area contributed by atoms with Crippen molar-refractivity contribution in [3.8, 4) is 5.75 Å². The molecule has 0 aliphatic rings. The minimum absolute atomic E-state index is 0.282. The maximum Gasteiger partial charge on any atom is 0.409 e. The maximum absolute atomic E-state index is 12.7. The van der Waals surface area contributed by atoms with Crippen molar-refractivity contribution >= 4 is 12.1 Å². The Kier molecular flexibility index (Phi) is 14.8. The fourth-order valence-corrected chi connectivity index (χ4v) is 3.65. The van der Waals surface area contributed by atoms with Crippen LogP contribution in [0, 0.1) is 0 Å². The predicted molar refractivity (Wildman–Crippen MR) is 142 cm³/mol. The third kappa shape index (κ3) is 12.6. The van der Waals surface area contributed by atoms with Crippen molar-refractivity contribution in [1.29, 1.82) is 0 Å². The average Bonchev–Trinajstić information content (AvgIpc) is 2.90. The number of nitrogens with zero attached hydrogens (tertiary/aromatic N) is 1. The lowest BCUT2D eigenvalue weighted by Crippen LogP contribution is -2.38. The van der Waals surface area contributed by atoms with E-state index < -0.39 is 12.1 Å². The van der Waals surface area contributed by atoms with E-state index in [-0.39, 0.29) is 12.5 Å². The molecule has 2 aromatic carbocycles. The third-order valence-electron chi connectivity index (χ3n) is 5.73. The number of carbonyl (C=O) groups excluding carboxylic acids is 1. The van der Waals surface area contributed by atoms with E-state index >= 15 is 0 Å². The van der Waals surface area contributed by atoms with Gasteiger partial charge in [-0.05, 0) is 36.6 Å². The third-order valence-corrected chi connectivity index (χ3v) is 5.73. The van der Waals surface area contributed by atoms with Gasteiger partial charge in [-0.3, -0.25) is 0 Å². The Bertz CT molecular complexity index is 889. The van der Waals surface area contributed by atoms with Gasteiger partial charge in [-0.2, -0.15) is 0 Å². The number of aliphatic carboxylic acids is 1. The van der Waals surface area contributed by atoms with Gasteiger partial charge in [-0.1, -0.05) is 62.2 Å². The van der Waals surface area contributed by atoms with Gasteiger partial charge in [0.25, 0.3) is 0 Å². The lowest BCUT2D eigenvalue weighted by atomic mass is 10.1. The summed E-state index contributed by atoms with van der Waals surface area (Å²) >= 11 is 0. The van der Waals surface area contributed by atoms with Crippen LogP contribution in [0.25, 0.3) is 0 Å². The van der Waals surface area contributed by atoms with Crippen LogP contribution >= 0.6 is 0 Å². The average molecular weight is 516 g/mol. The summed E-state index contributed by atoms with van der Waals surface area (Å²) < 4.78 is 22.3. The highest BCUT2D eigenvalue weighted by Gasteiger charge is 2.18. The molecule has 1 N–H and O–H groups in total. The lowest BCUT2D eigenvalue weighted by molar-refractivity contribution is -0.149. The fourth-order valence-electron chi connectivity index (χ4n) is 3.65. The standard InChI is InChI=1S/C29H41NO7/c1-3-5-9-19-34-21-17-30(29(33)37-20-16-24-10-7-6-8-11-24)18-22-36-26-14-12-25(13-15-26)23-27(28(31)32)35-4-2/h6-8,10-15,27H,3-5,9,16-23H2,1-2H3,(H,31,32). The Morgan fingerprint density at radius 3 is 2.27 bits per heavy atom. The number of carboxylic acids is 1. The number of hydrogen-bond acceptors (Lipinski definition) is 6. The molecule has 0 saturated carbocycles. The number of unbranched alkanes of at least 4 members (excludes halogenated alkanes) is 2. The summed E-state index contributed by atoms with van der Waals surface area (Å²) in [7, 11) is 0. The zero-order valence-corrected chi connectivity index (χ0v) is 22.1. The Balaban J connectivity index is 1.82. The van der Waals surface area contributed by atoms with Crippen molar-refractivity contribution in [3.63, 3.8) is 0 Å². The zero-order chi connectivity index (χ0) is 26.7. The Morgan fingerprint density at radius 1 is 0.865 bits per heavy atom. The second kappa shape index (κ2) is 18.2. The van der Waals surface area contributed by atoms with E-state index in [4.69, 9.17) is 18.9 Å².